The molecule has 6 heterocycles. The number of pyridine rings is 2. The van der Waals surface area contributed by atoms with Crippen LogP contribution in [0.1, 0.15) is 24.8 Å². The van der Waals surface area contributed by atoms with Crippen LogP contribution in [0.25, 0.3) is 16.9 Å². The van der Waals surface area contributed by atoms with Gasteiger partial charge in [-0.1, -0.05) is 0 Å². The van der Waals surface area contributed by atoms with Crippen LogP contribution in [-0.2, 0) is 11.3 Å². The first-order valence-corrected chi connectivity index (χ1v) is 11.1. The van der Waals surface area contributed by atoms with Gasteiger partial charge in [-0.25, -0.2) is 14.6 Å². The summed E-state index contributed by atoms with van der Waals surface area (Å²) in [4.78, 5) is 11.4. The number of piperidine rings is 1. The van der Waals surface area contributed by atoms with Gasteiger partial charge in [-0.05, 0) is 43.5 Å². The van der Waals surface area contributed by atoms with Gasteiger partial charge in [0.2, 0.25) is 5.88 Å². The van der Waals surface area contributed by atoms with Crippen molar-refractivity contribution in [3.8, 4) is 22.8 Å². The average Bonchev–Trinajstić information content (AvgIpc) is 3.50. The highest BCUT2D eigenvalue weighted by molar-refractivity contribution is 5.69. The topological polar surface area (TPSA) is 77.3 Å². The molecule has 8 nitrogen and oxygen atoms in total. The van der Waals surface area contributed by atoms with Crippen LogP contribution in [0.2, 0.25) is 0 Å². The van der Waals surface area contributed by atoms with Gasteiger partial charge in [0, 0.05) is 49.7 Å². The second-order valence-corrected chi connectivity index (χ2v) is 8.46. The maximum absolute atomic E-state index is 5.75. The summed E-state index contributed by atoms with van der Waals surface area (Å²) in [5, 5.41) is 8.54. The first-order valence-electron chi connectivity index (χ1n) is 11.1. The van der Waals surface area contributed by atoms with Crippen molar-refractivity contribution in [1.82, 2.24) is 25.1 Å². The molecule has 2 fully saturated rings. The van der Waals surface area contributed by atoms with Crippen LogP contribution in [0.3, 0.4) is 0 Å². The Balaban J connectivity index is 1.13. The first kappa shape index (κ1) is 18.8. The van der Waals surface area contributed by atoms with E-state index >= 15 is 0 Å². The average molecular weight is 419 g/mol. The summed E-state index contributed by atoms with van der Waals surface area (Å²) in [7, 11) is 0. The Morgan fingerprint density at radius 3 is 2.77 bits per heavy atom. The number of nitrogens with one attached hydrogen (secondary N) is 1. The summed E-state index contributed by atoms with van der Waals surface area (Å²) >= 11 is 0. The molecule has 3 aliphatic rings. The lowest BCUT2D eigenvalue weighted by Crippen LogP contribution is -2.46. The summed E-state index contributed by atoms with van der Waals surface area (Å²) in [5.41, 5.74) is 3.88. The van der Waals surface area contributed by atoms with Gasteiger partial charge in [0.25, 0.3) is 0 Å². The number of anilines is 1. The zero-order valence-corrected chi connectivity index (χ0v) is 17.4. The molecule has 3 aromatic rings. The monoisotopic (exact) mass is 418 g/mol. The fourth-order valence-corrected chi connectivity index (χ4v) is 4.68. The van der Waals surface area contributed by atoms with E-state index in [0.29, 0.717) is 24.6 Å². The Morgan fingerprint density at radius 2 is 1.97 bits per heavy atom. The van der Waals surface area contributed by atoms with Crippen molar-refractivity contribution in [1.29, 1.82) is 0 Å². The zero-order valence-electron chi connectivity index (χ0n) is 17.4. The second-order valence-electron chi connectivity index (χ2n) is 8.46. The van der Waals surface area contributed by atoms with E-state index < -0.39 is 0 Å². The van der Waals surface area contributed by atoms with E-state index in [1.807, 2.05) is 29.2 Å². The summed E-state index contributed by atoms with van der Waals surface area (Å²) in [6.45, 7) is 4.28. The maximum Gasteiger partial charge on any atom is 0.223 e. The lowest BCUT2D eigenvalue weighted by atomic mass is 10.0. The van der Waals surface area contributed by atoms with Gasteiger partial charge in [-0.3, -0.25) is 0 Å². The second kappa shape index (κ2) is 7.94. The van der Waals surface area contributed by atoms with Gasteiger partial charge in [0.05, 0.1) is 24.1 Å². The maximum atomic E-state index is 5.75. The standard InChI is InChI=1S/C23H26N6O2/c1-2-20-22-16(14-31-23(20)24-8-1)13-29(27-22)19-3-4-21(25-12-19)28-9-5-17(6-10-28)26-18-7-11-30-15-18/h1-4,8,12-13,17-18,26H,5-7,9-11,14-15H2/t18-/m0/s1. The minimum atomic E-state index is 0.487. The van der Waals surface area contributed by atoms with E-state index in [9.17, 15) is 0 Å². The highest BCUT2D eigenvalue weighted by Crippen LogP contribution is 2.35. The van der Waals surface area contributed by atoms with Crippen LogP contribution < -0.4 is 15.0 Å². The van der Waals surface area contributed by atoms with Crippen molar-refractivity contribution in [2.45, 2.75) is 38.0 Å². The fourth-order valence-electron chi connectivity index (χ4n) is 4.68. The minimum absolute atomic E-state index is 0.487. The Bertz CT molecular complexity index is 1050. The third-order valence-electron chi connectivity index (χ3n) is 6.40. The van der Waals surface area contributed by atoms with E-state index in [0.717, 1.165) is 73.9 Å². The van der Waals surface area contributed by atoms with Crippen LogP contribution in [-0.4, -0.2) is 58.1 Å². The van der Waals surface area contributed by atoms with Gasteiger partial charge in [0.15, 0.2) is 0 Å². The van der Waals surface area contributed by atoms with Gasteiger partial charge < -0.3 is 19.7 Å². The van der Waals surface area contributed by atoms with Crippen LogP contribution in [0.15, 0.2) is 42.9 Å². The molecule has 0 aliphatic carbocycles. The smallest absolute Gasteiger partial charge is 0.223 e. The molecule has 2 saturated heterocycles. The van der Waals surface area contributed by atoms with Crippen LogP contribution >= 0.6 is 0 Å². The quantitative estimate of drug-likeness (QED) is 0.698. The lowest BCUT2D eigenvalue weighted by Gasteiger charge is -2.34. The van der Waals surface area contributed by atoms with E-state index in [-0.39, 0.29) is 0 Å². The lowest BCUT2D eigenvalue weighted by molar-refractivity contribution is 0.186. The van der Waals surface area contributed by atoms with Crippen molar-refractivity contribution in [3.05, 3.63) is 48.4 Å². The number of rotatable bonds is 4. The molecule has 3 aliphatic heterocycles. The van der Waals surface area contributed by atoms with Gasteiger partial charge in [0.1, 0.15) is 18.1 Å². The Labute approximate surface area is 181 Å². The fraction of sp³-hybridized carbons (Fsp3) is 0.435. The first-order chi connectivity index (χ1) is 15.3. The largest absolute Gasteiger partial charge is 0.472 e. The predicted octanol–water partition coefficient (Wildman–Crippen LogP) is 2.57. The number of ether oxygens (including phenoxy) is 2. The Morgan fingerprint density at radius 1 is 1.03 bits per heavy atom. The molecule has 0 bridgehead atoms. The molecule has 0 saturated carbocycles. The van der Waals surface area contributed by atoms with E-state index in [2.05, 4.69) is 27.3 Å². The molecular weight excluding hydrogens is 392 g/mol. The zero-order chi connectivity index (χ0) is 20.6. The molecule has 6 rings (SSSR count). The summed E-state index contributed by atoms with van der Waals surface area (Å²) < 4.78 is 13.1. The molecule has 160 valence electrons. The Kier molecular flexibility index (Phi) is 4.81. The van der Waals surface area contributed by atoms with E-state index in [4.69, 9.17) is 19.6 Å². The molecule has 0 aromatic carbocycles. The van der Waals surface area contributed by atoms with Gasteiger partial charge in [-0.2, -0.15) is 5.10 Å². The summed E-state index contributed by atoms with van der Waals surface area (Å²) in [6.07, 6.45) is 9.07. The third kappa shape index (κ3) is 3.66. The number of nitrogens with zero attached hydrogens (tertiary/aromatic N) is 5. The third-order valence-corrected chi connectivity index (χ3v) is 6.40. The highest BCUT2D eigenvalue weighted by Gasteiger charge is 2.25. The van der Waals surface area contributed by atoms with E-state index in [1.165, 1.54) is 0 Å². The van der Waals surface area contributed by atoms with Gasteiger partial charge >= 0.3 is 0 Å². The number of fused-ring (bicyclic) bond motifs is 3. The highest BCUT2D eigenvalue weighted by atomic mass is 16.5. The van der Waals surface area contributed by atoms with Crippen molar-refractivity contribution >= 4 is 5.82 Å². The number of hydrogen-bond acceptors (Lipinski definition) is 7. The van der Waals surface area contributed by atoms with Gasteiger partial charge in [-0.15, -0.1) is 0 Å². The molecule has 0 amide bonds. The van der Waals surface area contributed by atoms with Crippen LogP contribution in [0.5, 0.6) is 5.88 Å². The molecule has 31 heavy (non-hydrogen) atoms. The normalized spacial score (nSPS) is 20.9. The molecular formula is C23H26N6O2. The van der Waals surface area contributed by atoms with Crippen LogP contribution in [0, 0.1) is 0 Å². The van der Waals surface area contributed by atoms with E-state index in [1.54, 1.807) is 6.20 Å². The van der Waals surface area contributed by atoms with Crippen molar-refractivity contribution in [3.63, 3.8) is 0 Å². The van der Waals surface area contributed by atoms with Crippen molar-refractivity contribution in [2.75, 3.05) is 31.2 Å². The summed E-state index contributed by atoms with van der Waals surface area (Å²) in [5.74, 6) is 1.67. The molecule has 3 aromatic heterocycles. The molecule has 0 radical (unpaired) electrons. The molecule has 0 spiro atoms. The molecule has 0 unspecified atom stereocenters. The molecule has 1 atom stereocenters. The Hall–Kier alpha value is -2.97. The van der Waals surface area contributed by atoms with Crippen molar-refractivity contribution in [2.24, 2.45) is 0 Å². The molecule has 1 N–H and O–H groups in total. The predicted molar refractivity (Wildman–Crippen MR) is 117 cm³/mol. The van der Waals surface area contributed by atoms with Crippen LogP contribution in [0.4, 0.5) is 5.82 Å². The number of hydrogen-bond donors (Lipinski definition) is 1. The SMILES string of the molecule is c1cnc2c(c1)-c1nn(-c3ccc(N4CCC(N[C@H]5CCOC5)CC4)nc3)cc1CO2. The summed E-state index contributed by atoms with van der Waals surface area (Å²) in [6, 6.07) is 9.20. The van der Waals surface area contributed by atoms with Crippen molar-refractivity contribution < 1.29 is 9.47 Å². The molecule has 8 heteroatoms. The minimum Gasteiger partial charge on any atom is -0.472 e. The number of aromatic nitrogens is 4.